The van der Waals surface area contributed by atoms with Crippen molar-refractivity contribution in [2.24, 2.45) is 14.6 Å². The highest BCUT2D eigenvalue weighted by Gasteiger charge is 2.27. The van der Waals surface area contributed by atoms with Gasteiger partial charge < -0.3 is 10.6 Å². The van der Waals surface area contributed by atoms with Crippen molar-refractivity contribution in [2.75, 3.05) is 11.9 Å². The summed E-state index contributed by atoms with van der Waals surface area (Å²) in [5, 5.41) is 7.06. The molecule has 2 aliphatic rings. The van der Waals surface area contributed by atoms with Crippen LogP contribution in [0.1, 0.15) is 19.8 Å². The number of hydrogen-bond acceptors (Lipinski definition) is 4. The molecule has 0 bridgehead atoms. The lowest BCUT2D eigenvalue weighted by Crippen LogP contribution is -2.40. The molecule has 1 fully saturated rings. The number of fused-ring (bicyclic) bond motifs is 1. The van der Waals surface area contributed by atoms with Crippen molar-refractivity contribution in [1.82, 2.24) is 5.32 Å². The lowest BCUT2D eigenvalue weighted by molar-refractivity contribution is -0.120. The highest BCUT2D eigenvalue weighted by Crippen LogP contribution is 2.47. The van der Waals surface area contributed by atoms with Crippen LogP contribution in [-0.4, -0.2) is 18.5 Å². The Balaban J connectivity index is 1.84. The Morgan fingerprint density at radius 1 is 1.38 bits per heavy atom. The quantitative estimate of drug-likeness (QED) is 0.862. The average Bonchev–Trinajstić information content (AvgIpc) is 2.93. The molecule has 1 aromatic carbocycles. The fraction of sp³-hybridized carbons (Fsp3) is 0.462. The minimum absolute atomic E-state index is 0.0189. The number of anilines is 1. The van der Waals surface area contributed by atoms with E-state index in [2.05, 4.69) is 26.3 Å². The number of carbonyl (C=O) groups excluding carboxylic acids is 1. The van der Waals surface area contributed by atoms with E-state index in [1.807, 2.05) is 0 Å². The zero-order chi connectivity index (χ0) is 15.0. The van der Waals surface area contributed by atoms with Gasteiger partial charge in [0.1, 0.15) is 11.4 Å². The number of rotatable bonds is 2. The van der Waals surface area contributed by atoms with Crippen LogP contribution in [0.2, 0.25) is 10.0 Å². The summed E-state index contributed by atoms with van der Waals surface area (Å²) in [4.78, 5) is 12.4. The van der Waals surface area contributed by atoms with Gasteiger partial charge in [-0.2, -0.15) is 8.73 Å². The van der Waals surface area contributed by atoms with Crippen LogP contribution < -0.4 is 10.6 Å². The molecule has 0 spiro atoms. The average molecular weight is 345 g/mol. The minimum Gasteiger partial charge on any atom is -0.323 e. The summed E-state index contributed by atoms with van der Waals surface area (Å²) in [6, 6.07) is 1.93. The maximum Gasteiger partial charge on any atom is 0.227 e. The Morgan fingerprint density at radius 2 is 2.14 bits per heavy atom. The number of amides is 1. The summed E-state index contributed by atoms with van der Waals surface area (Å²) in [5.74, 6) is -0.0449. The Kier molecular flexibility index (Phi) is 4.31. The van der Waals surface area contributed by atoms with E-state index in [4.69, 9.17) is 23.2 Å². The van der Waals surface area contributed by atoms with Crippen molar-refractivity contribution >= 4 is 57.5 Å². The second-order valence-electron chi connectivity index (χ2n) is 5.24. The lowest BCUT2D eigenvalue weighted by Gasteiger charge is -2.27. The van der Waals surface area contributed by atoms with Crippen LogP contribution in [-0.2, 0) is 16.1 Å². The number of nitrogens with zero attached hydrogens (tertiary/aromatic N) is 2. The number of halogens is 2. The van der Waals surface area contributed by atoms with E-state index >= 15 is 0 Å². The first-order valence-corrected chi connectivity index (χ1v) is 8.19. The SMILES string of the molecule is CC1CC(C(=O)Nc2c(Cl)cc(Cl)c3c2N=S=N3)CCN1. The molecule has 2 atom stereocenters. The van der Waals surface area contributed by atoms with Crippen LogP contribution >= 0.6 is 23.2 Å². The van der Waals surface area contributed by atoms with Gasteiger partial charge in [0.15, 0.2) is 0 Å². The number of hydrogen-bond donors (Lipinski definition) is 2. The molecule has 1 amide bonds. The molecule has 0 radical (unpaired) electrons. The third-order valence-electron chi connectivity index (χ3n) is 3.69. The first-order chi connectivity index (χ1) is 10.1. The summed E-state index contributed by atoms with van der Waals surface area (Å²) < 4.78 is 8.32. The van der Waals surface area contributed by atoms with Gasteiger partial charge in [0, 0.05) is 12.0 Å². The second kappa shape index (κ2) is 6.04. The number of benzene rings is 1. The fourth-order valence-corrected chi connectivity index (χ4v) is 3.75. The van der Waals surface area contributed by atoms with Crippen molar-refractivity contribution < 1.29 is 4.79 Å². The zero-order valence-electron chi connectivity index (χ0n) is 11.3. The Morgan fingerprint density at radius 3 is 2.90 bits per heavy atom. The van der Waals surface area contributed by atoms with E-state index < -0.39 is 0 Å². The molecule has 2 heterocycles. The maximum atomic E-state index is 12.4. The van der Waals surface area contributed by atoms with Gasteiger partial charge in [-0.25, -0.2) is 0 Å². The van der Waals surface area contributed by atoms with Crippen LogP contribution in [0, 0.1) is 5.92 Å². The van der Waals surface area contributed by atoms with Crippen molar-refractivity contribution in [2.45, 2.75) is 25.8 Å². The third-order valence-corrected chi connectivity index (χ3v) is 4.80. The van der Waals surface area contributed by atoms with Crippen LogP contribution in [0.15, 0.2) is 14.8 Å². The number of carbonyl (C=O) groups is 1. The second-order valence-corrected chi connectivity index (χ2v) is 6.59. The van der Waals surface area contributed by atoms with E-state index in [0.29, 0.717) is 33.1 Å². The first-order valence-electron chi connectivity index (χ1n) is 6.70. The van der Waals surface area contributed by atoms with Crippen LogP contribution in [0.25, 0.3) is 0 Å². The summed E-state index contributed by atoms with van der Waals surface area (Å²) in [5.41, 5.74) is 1.62. The van der Waals surface area contributed by atoms with E-state index in [-0.39, 0.29) is 11.8 Å². The molecule has 3 rings (SSSR count). The molecule has 2 aliphatic heterocycles. The summed E-state index contributed by atoms with van der Waals surface area (Å²) in [7, 11) is 0. The van der Waals surface area contributed by atoms with Gasteiger partial charge in [0.25, 0.3) is 0 Å². The van der Waals surface area contributed by atoms with Crippen molar-refractivity contribution in [3.63, 3.8) is 0 Å². The van der Waals surface area contributed by atoms with Crippen LogP contribution in [0.4, 0.5) is 17.1 Å². The van der Waals surface area contributed by atoms with Gasteiger partial charge >= 0.3 is 0 Å². The smallest absolute Gasteiger partial charge is 0.227 e. The predicted molar refractivity (Wildman–Crippen MR) is 86.8 cm³/mol. The number of nitrogens with one attached hydrogen (secondary N) is 2. The molecule has 112 valence electrons. The van der Waals surface area contributed by atoms with Crippen molar-refractivity contribution in [3.05, 3.63) is 16.1 Å². The largest absolute Gasteiger partial charge is 0.323 e. The molecule has 2 unspecified atom stereocenters. The molecule has 0 aromatic heterocycles. The normalized spacial score (nSPS) is 23.6. The van der Waals surface area contributed by atoms with Gasteiger partial charge in [0.05, 0.1) is 27.1 Å². The summed E-state index contributed by atoms with van der Waals surface area (Å²) in [6.07, 6.45) is 1.63. The van der Waals surface area contributed by atoms with Crippen molar-refractivity contribution in [1.29, 1.82) is 0 Å². The summed E-state index contributed by atoms with van der Waals surface area (Å²) in [6.45, 7) is 2.93. The number of piperidine rings is 1. The zero-order valence-corrected chi connectivity index (χ0v) is 13.6. The molecular formula is C13H14Cl2N4OS. The molecule has 1 saturated heterocycles. The van der Waals surface area contributed by atoms with Crippen LogP contribution in [0.3, 0.4) is 0 Å². The summed E-state index contributed by atoms with van der Waals surface area (Å²) >= 11 is 13.3. The van der Waals surface area contributed by atoms with E-state index in [1.54, 1.807) is 6.07 Å². The molecule has 21 heavy (non-hydrogen) atoms. The minimum atomic E-state index is -0.0260. The predicted octanol–water partition coefficient (Wildman–Crippen LogP) is 4.05. The third kappa shape index (κ3) is 2.99. The molecule has 1 aromatic rings. The van der Waals surface area contributed by atoms with Gasteiger partial charge in [-0.15, -0.1) is 0 Å². The Hall–Kier alpha value is -0.950. The lowest BCUT2D eigenvalue weighted by atomic mass is 9.92. The topological polar surface area (TPSA) is 65.8 Å². The van der Waals surface area contributed by atoms with Crippen molar-refractivity contribution in [3.8, 4) is 0 Å². The van der Waals surface area contributed by atoms with E-state index in [9.17, 15) is 4.79 Å². The standard InChI is InChI=1S/C13H14Cl2N4OS/c1-6-4-7(2-3-16-6)13(20)17-10-8(14)5-9(15)11-12(10)19-21-18-11/h5-7,16H,2-4H2,1H3,(H,17,20). The molecule has 2 N–H and O–H groups in total. The highest BCUT2D eigenvalue weighted by molar-refractivity contribution is 7.58. The fourth-order valence-electron chi connectivity index (χ4n) is 2.59. The molecule has 8 heteroatoms. The van der Waals surface area contributed by atoms with E-state index in [1.165, 1.54) is 0 Å². The molecule has 0 aliphatic carbocycles. The molecule has 5 nitrogen and oxygen atoms in total. The highest BCUT2D eigenvalue weighted by atomic mass is 35.5. The monoisotopic (exact) mass is 344 g/mol. The van der Waals surface area contributed by atoms with E-state index in [0.717, 1.165) is 30.7 Å². The first kappa shape index (κ1) is 15.0. The Labute approximate surface area is 136 Å². The van der Waals surface area contributed by atoms with Gasteiger partial charge in [-0.1, -0.05) is 23.2 Å². The van der Waals surface area contributed by atoms with Crippen LogP contribution in [0.5, 0.6) is 0 Å². The van der Waals surface area contributed by atoms with Gasteiger partial charge in [-0.05, 0) is 32.4 Å². The van der Waals surface area contributed by atoms with Gasteiger partial charge in [0.2, 0.25) is 5.91 Å². The Bertz CT molecular complexity index is 673. The molecular weight excluding hydrogens is 331 g/mol. The maximum absolute atomic E-state index is 12.4. The molecule has 0 saturated carbocycles. The van der Waals surface area contributed by atoms with Gasteiger partial charge in [-0.3, -0.25) is 4.79 Å².